The standard InChI is InChI=1S/C45H51N3O10/c1-51-40-13-5-9-34(22-40)28-47(29-35-10-6-14-41(23-35)52-2)44(49)57-19-17-55-32-38-21-39(27-46-26-38)33-56-18-20-58-45(50)48(30-36-11-7-15-42(24-36)53-3)31-37-12-8-16-43(25-37)54-4/h5-16,21-27H,17-20,28-33H2,1-4H3. The van der Waals surface area contributed by atoms with Gasteiger partial charge in [0.05, 0.1) is 54.9 Å². The van der Waals surface area contributed by atoms with Gasteiger partial charge in [-0.2, -0.15) is 0 Å². The second-order valence-electron chi connectivity index (χ2n) is 13.2. The number of carbonyl (C=O) groups is 2. The van der Waals surface area contributed by atoms with Crippen molar-refractivity contribution in [2.45, 2.75) is 39.4 Å². The molecule has 2 amide bonds. The summed E-state index contributed by atoms with van der Waals surface area (Å²) in [6.45, 7) is 2.34. The van der Waals surface area contributed by atoms with Crippen LogP contribution in [0.1, 0.15) is 33.4 Å². The topological polar surface area (TPSA) is 127 Å². The summed E-state index contributed by atoms with van der Waals surface area (Å²) in [6.07, 6.45) is 2.48. The van der Waals surface area contributed by atoms with E-state index in [1.807, 2.05) is 103 Å². The van der Waals surface area contributed by atoms with Crippen molar-refractivity contribution in [1.29, 1.82) is 0 Å². The first-order valence-corrected chi connectivity index (χ1v) is 18.8. The number of carbonyl (C=O) groups excluding carboxylic acids is 2. The summed E-state index contributed by atoms with van der Waals surface area (Å²) in [5.41, 5.74) is 5.28. The number of ether oxygens (including phenoxy) is 8. The van der Waals surface area contributed by atoms with Crippen LogP contribution in [0.4, 0.5) is 9.59 Å². The number of nitrogens with zero attached hydrogens (tertiary/aromatic N) is 3. The molecule has 1 heterocycles. The highest BCUT2D eigenvalue weighted by atomic mass is 16.6. The van der Waals surface area contributed by atoms with E-state index in [1.54, 1.807) is 50.6 Å². The van der Waals surface area contributed by atoms with Crippen LogP contribution in [-0.2, 0) is 58.3 Å². The van der Waals surface area contributed by atoms with E-state index in [0.717, 1.165) is 33.4 Å². The third-order valence-corrected chi connectivity index (χ3v) is 8.84. The molecule has 306 valence electrons. The number of hydrogen-bond donors (Lipinski definition) is 0. The van der Waals surface area contributed by atoms with E-state index in [0.29, 0.717) is 49.2 Å². The van der Waals surface area contributed by atoms with Crippen molar-refractivity contribution in [2.75, 3.05) is 54.9 Å². The monoisotopic (exact) mass is 793 g/mol. The molecule has 5 rings (SSSR count). The molecular weight excluding hydrogens is 743 g/mol. The molecular formula is C45H51N3O10. The summed E-state index contributed by atoms with van der Waals surface area (Å²) in [5, 5.41) is 0. The highest BCUT2D eigenvalue weighted by Gasteiger charge is 2.19. The fourth-order valence-electron chi connectivity index (χ4n) is 5.97. The van der Waals surface area contributed by atoms with E-state index < -0.39 is 12.2 Å². The zero-order valence-electron chi connectivity index (χ0n) is 33.5. The summed E-state index contributed by atoms with van der Waals surface area (Å²) in [5.74, 6) is 2.82. The number of pyridine rings is 1. The van der Waals surface area contributed by atoms with E-state index in [-0.39, 0.29) is 39.6 Å². The fraction of sp³-hybridized carbons (Fsp3) is 0.311. The second kappa shape index (κ2) is 23.0. The maximum atomic E-state index is 13.3. The minimum atomic E-state index is -0.470. The van der Waals surface area contributed by atoms with Crippen LogP contribution in [0.25, 0.3) is 0 Å². The van der Waals surface area contributed by atoms with Gasteiger partial charge in [0.1, 0.15) is 36.2 Å². The number of benzene rings is 4. The van der Waals surface area contributed by atoms with E-state index in [9.17, 15) is 9.59 Å². The van der Waals surface area contributed by atoms with E-state index >= 15 is 0 Å². The molecule has 0 unspecified atom stereocenters. The first-order valence-electron chi connectivity index (χ1n) is 18.8. The van der Waals surface area contributed by atoms with E-state index in [2.05, 4.69) is 4.98 Å². The maximum Gasteiger partial charge on any atom is 0.410 e. The molecule has 0 fully saturated rings. The summed E-state index contributed by atoms with van der Waals surface area (Å²) >= 11 is 0. The van der Waals surface area contributed by atoms with Crippen LogP contribution < -0.4 is 18.9 Å². The lowest BCUT2D eigenvalue weighted by atomic mass is 10.1. The molecule has 0 spiro atoms. The Balaban J connectivity index is 1.05. The minimum absolute atomic E-state index is 0.0665. The number of amides is 2. The van der Waals surface area contributed by atoms with Gasteiger partial charge in [-0.15, -0.1) is 0 Å². The number of rotatable bonds is 22. The van der Waals surface area contributed by atoms with Crippen LogP contribution in [0, 0.1) is 0 Å². The molecule has 0 saturated heterocycles. The van der Waals surface area contributed by atoms with Gasteiger partial charge < -0.3 is 37.9 Å². The summed E-state index contributed by atoms with van der Waals surface area (Å²) in [4.78, 5) is 34.1. The molecule has 0 saturated carbocycles. The van der Waals surface area contributed by atoms with Gasteiger partial charge >= 0.3 is 12.2 Å². The SMILES string of the molecule is COc1cccc(CN(Cc2cccc(OC)c2)C(=O)OCCOCc2cncc(COCCOC(=O)N(Cc3cccc(OC)c3)Cc3cccc(OC)c3)c2)c1. The van der Waals surface area contributed by atoms with Gasteiger partial charge in [0, 0.05) is 38.6 Å². The van der Waals surface area contributed by atoms with E-state index in [1.165, 1.54) is 0 Å². The third kappa shape index (κ3) is 14.0. The van der Waals surface area contributed by atoms with Crippen molar-refractivity contribution >= 4 is 12.2 Å². The largest absolute Gasteiger partial charge is 0.497 e. The van der Waals surface area contributed by atoms with Gasteiger partial charge in [-0.1, -0.05) is 48.5 Å². The van der Waals surface area contributed by atoms with Crippen LogP contribution in [0.3, 0.4) is 0 Å². The Hall–Kier alpha value is -6.31. The molecule has 0 N–H and O–H groups in total. The second-order valence-corrected chi connectivity index (χ2v) is 13.2. The highest BCUT2D eigenvalue weighted by molar-refractivity contribution is 5.68. The van der Waals surface area contributed by atoms with Crippen molar-refractivity contribution in [2.24, 2.45) is 0 Å². The molecule has 0 radical (unpaired) electrons. The van der Waals surface area contributed by atoms with Gasteiger partial charge in [-0.05, 0) is 88.0 Å². The molecule has 4 aromatic carbocycles. The fourth-order valence-corrected chi connectivity index (χ4v) is 5.97. The first-order chi connectivity index (χ1) is 28.3. The van der Waals surface area contributed by atoms with E-state index in [4.69, 9.17) is 37.9 Å². The Kier molecular flexibility index (Phi) is 17.0. The molecule has 0 aliphatic heterocycles. The van der Waals surface area contributed by atoms with Gasteiger partial charge in [0.15, 0.2) is 0 Å². The van der Waals surface area contributed by atoms with Crippen molar-refractivity contribution < 1.29 is 47.5 Å². The lowest BCUT2D eigenvalue weighted by molar-refractivity contribution is 0.0451. The smallest absolute Gasteiger partial charge is 0.410 e. The van der Waals surface area contributed by atoms with Gasteiger partial charge in [-0.25, -0.2) is 9.59 Å². The molecule has 0 aliphatic carbocycles. The van der Waals surface area contributed by atoms with Crippen molar-refractivity contribution in [3.8, 4) is 23.0 Å². The third-order valence-electron chi connectivity index (χ3n) is 8.84. The number of methoxy groups -OCH3 is 4. The number of aromatic nitrogens is 1. The lowest BCUT2D eigenvalue weighted by Gasteiger charge is -2.23. The maximum absolute atomic E-state index is 13.3. The molecule has 0 atom stereocenters. The summed E-state index contributed by atoms with van der Waals surface area (Å²) in [7, 11) is 6.43. The number of hydrogen-bond acceptors (Lipinski definition) is 11. The molecule has 0 bridgehead atoms. The minimum Gasteiger partial charge on any atom is -0.497 e. The van der Waals surface area contributed by atoms with Crippen molar-refractivity contribution in [3.05, 3.63) is 149 Å². The molecule has 5 aromatic rings. The van der Waals surface area contributed by atoms with Crippen LogP contribution in [-0.4, -0.2) is 81.8 Å². The molecule has 13 nitrogen and oxygen atoms in total. The Morgan fingerprint density at radius 2 is 0.776 bits per heavy atom. The zero-order valence-corrected chi connectivity index (χ0v) is 33.5. The Morgan fingerprint density at radius 3 is 1.09 bits per heavy atom. The average Bonchev–Trinajstić information content (AvgIpc) is 3.26. The predicted octanol–water partition coefficient (Wildman–Crippen LogP) is 7.83. The molecule has 13 heteroatoms. The van der Waals surface area contributed by atoms with Crippen LogP contribution in [0.15, 0.2) is 116 Å². The van der Waals surface area contributed by atoms with Crippen LogP contribution in [0.5, 0.6) is 23.0 Å². The van der Waals surface area contributed by atoms with Crippen LogP contribution >= 0.6 is 0 Å². The quantitative estimate of drug-likeness (QED) is 0.0637. The summed E-state index contributed by atoms with van der Waals surface area (Å²) < 4.78 is 44.3. The van der Waals surface area contributed by atoms with Crippen molar-refractivity contribution in [3.63, 3.8) is 0 Å². The first kappa shape index (κ1) is 42.8. The van der Waals surface area contributed by atoms with Gasteiger partial charge in [0.2, 0.25) is 0 Å². The molecule has 58 heavy (non-hydrogen) atoms. The highest BCUT2D eigenvalue weighted by Crippen LogP contribution is 2.21. The molecule has 0 aliphatic rings. The Morgan fingerprint density at radius 1 is 0.448 bits per heavy atom. The summed E-state index contributed by atoms with van der Waals surface area (Å²) in [6, 6.07) is 32.2. The molecule has 1 aromatic heterocycles. The average molecular weight is 794 g/mol. The predicted molar refractivity (Wildman–Crippen MR) is 217 cm³/mol. The van der Waals surface area contributed by atoms with Crippen LogP contribution in [0.2, 0.25) is 0 Å². The Bertz CT molecular complexity index is 1800. The van der Waals surface area contributed by atoms with Gasteiger partial charge in [0.25, 0.3) is 0 Å². The van der Waals surface area contributed by atoms with Gasteiger partial charge in [-0.3, -0.25) is 14.8 Å². The zero-order chi connectivity index (χ0) is 41.0. The normalized spacial score (nSPS) is 10.7. The Labute approximate surface area is 339 Å². The lowest BCUT2D eigenvalue weighted by Crippen LogP contribution is -2.31. The van der Waals surface area contributed by atoms with Crippen molar-refractivity contribution in [1.82, 2.24) is 14.8 Å².